The van der Waals surface area contributed by atoms with Crippen LogP contribution in [0.4, 0.5) is 10.2 Å². The second-order valence-corrected chi connectivity index (χ2v) is 7.96. The molecule has 2 aliphatic rings. The molecule has 4 rings (SSSR count). The minimum Gasteiger partial charge on any atom is -0.382 e. The predicted molar refractivity (Wildman–Crippen MR) is 88.6 cm³/mol. The first-order valence-electron chi connectivity index (χ1n) is 7.79. The number of phosphoric acid groups is 1. The molecule has 2 aromatic rings. The summed E-state index contributed by atoms with van der Waals surface area (Å²) in [5.74, 6) is -0.341. The molecule has 2 saturated heterocycles. The van der Waals surface area contributed by atoms with Crippen molar-refractivity contribution in [2.45, 2.75) is 31.5 Å². The number of halogens is 2. The molecule has 146 valence electrons. The summed E-state index contributed by atoms with van der Waals surface area (Å²) in [6, 6.07) is 0. The van der Waals surface area contributed by atoms with Crippen LogP contribution < -0.4 is 5.73 Å². The van der Waals surface area contributed by atoms with Gasteiger partial charge in [0.05, 0.1) is 12.9 Å². The van der Waals surface area contributed by atoms with Gasteiger partial charge in [0.15, 0.2) is 29.6 Å². The van der Waals surface area contributed by atoms with Gasteiger partial charge in [0.25, 0.3) is 0 Å². The van der Waals surface area contributed by atoms with Crippen molar-refractivity contribution in [3.8, 4) is 0 Å². The third kappa shape index (κ3) is 3.33. The minimum atomic E-state index is -4.07. The zero-order valence-electron chi connectivity index (χ0n) is 13.8. The number of ether oxygens (including phenoxy) is 1. The van der Waals surface area contributed by atoms with E-state index in [2.05, 4.69) is 15.0 Å². The van der Waals surface area contributed by atoms with Crippen molar-refractivity contribution >= 4 is 42.2 Å². The third-order valence-electron chi connectivity index (χ3n) is 4.04. The number of nitrogens with zero attached hydrogens (tertiary/aromatic N) is 4. The molecule has 0 amide bonds. The monoisotopic (exact) mass is 421 g/mol. The lowest BCUT2D eigenvalue weighted by Gasteiger charge is -2.29. The molecule has 2 N–H and O–H groups in total. The summed E-state index contributed by atoms with van der Waals surface area (Å²) in [4.78, 5) is 22.9. The van der Waals surface area contributed by atoms with Crippen LogP contribution in [0.1, 0.15) is 13.2 Å². The van der Waals surface area contributed by atoms with Crippen LogP contribution in [0.5, 0.6) is 0 Å². The fraction of sp³-hybridized carbons (Fsp3) is 0.538. The van der Waals surface area contributed by atoms with E-state index in [9.17, 15) is 9.36 Å². The standard InChI is InChI=1S/C13H14ClFN5O6P/c1-5(21)2-23-27(22)24-3-6-9(26-27)7(15)12(25-6)20-4-17-8-10(16)18-13(14)19-11(8)20/h4,6-7,9,12H,2-3H2,1H3,(H2,16,18,19)/t6-,7?,9+,12-,27?/m1/s1. The number of carbonyl (C=O) groups excluding carboxylic acids is 1. The molecule has 2 aromatic heterocycles. The molecular formula is C13H14ClFN5O6P. The van der Waals surface area contributed by atoms with Crippen LogP contribution in [0.15, 0.2) is 6.33 Å². The summed E-state index contributed by atoms with van der Waals surface area (Å²) in [6.07, 6.45) is -3.74. The van der Waals surface area contributed by atoms with Crippen molar-refractivity contribution in [3.63, 3.8) is 0 Å². The van der Waals surface area contributed by atoms with E-state index in [4.69, 9.17) is 35.6 Å². The van der Waals surface area contributed by atoms with E-state index in [1.807, 2.05) is 0 Å². The molecule has 5 atom stereocenters. The molecule has 0 aliphatic carbocycles. The van der Waals surface area contributed by atoms with Gasteiger partial charge in [-0.3, -0.25) is 22.9 Å². The average Bonchev–Trinajstić information content (AvgIpc) is 3.15. The van der Waals surface area contributed by atoms with Gasteiger partial charge in [-0.1, -0.05) is 0 Å². The van der Waals surface area contributed by atoms with E-state index >= 15 is 4.39 Å². The number of ketones is 1. The Kier molecular flexibility index (Phi) is 4.65. The van der Waals surface area contributed by atoms with Crippen LogP contribution in [0, 0.1) is 0 Å². The first-order valence-corrected chi connectivity index (χ1v) is 9.63. The Bertz CT molecular complexity index is 959. The van der Waals surface area contributed by atoms with Gasteiger partial charge in [0.1, 0.15) is 24.3 Å². The molecule has 0 radical (unpaired) electrons. The normalized spacial score (nSPS) is 33.3. The van der Waals surface area contributed by atoms with Crippen molar-refractivity contribution in [2.24, 2.45) is 0 Å². The fourth-order valence-electron chi connectivity index (χ4n) is 2.86. The lowest BCUT2D eigenvalue weighted by Crippen LogP contribution is -2.38. The van der Waals surface area contributed by atoms with E-state index in [1.54, 1.807) is 0 Å². The predicted octanol–water partition coefficient (Wildman–Crippen LogP) is 1.43. The van der Waals surface area contributed by atoms with Crippen LogP contribution in [-0.2, 0) is 27.7 Å². The molecule has 4 heterocycles. The van der Waals surface area contributed by atoms with E-state index in [0.29, 0.717) is 0 Å². The van der Waals surface area contributed by atoms with Crippen LogP contribution in [0.2, 0.25) is 5.28 Å². The fourth-order valence-corrected chi connectivity index (χ4v) is 4.44. The van der Waals surface area contributed by atoms with Crippen molar-refractivity contribution < 1.29 is 32.1 Å². The first kappa shape index (κ1) is 18.7. The lowest BCUT2D eigenvalue weighted by molar-refractivity contribution is -0.120. The topological polar surface area (TPSA) is 141 Å². The number of Topliss-reactive ketones (excluding diaryl/α,β-unsaturated/α-hetero) is 1. The maximum atomic E-state index is 15.1. The van der Waals surface area contributed by atoms with Crippen molar-refractivity contribution in [2.75, 3.05) is 18.9 Å². The molecule has 2 unspecified atom stereocenters. The van der Waals surface area contributed by atoms with E-state index in [-0.39, 0.29) is 34.7 Å². The molecule has 2 fully saturated rings. The maximum absolute atomic E-state index is 15.1. The van der Waals surface area contributed by atoms with Crippen molar-refractivity contribution in [1.29, 1.82) is 0 Å². The van der Waals surface area contributed by atoms with Gasteiger partial charge < -0.3 is 10.5 Å². The summed E-state index contributed by atoms with van der Waals surface area (Å²) in [7, 11) is -4.07. The Morgan fingerprint density at radius 3 is 3.07 bits per heavy atom. The second-order valence-electron chi connectivity index (χ2n) is 6.00. The van der Waals surface area contributed by atoms with Gasteiger partial charge in [-0.15, -0.1) is 0 Å². The van der Waals surface area contributed by atoms with Crippen LogP contribution in [-0.4, -0.2) is 56.9 Å². The Labute approximate surface area is 156 Å². The number of anilines is 1. The lowest BCUT2D eigenvalue weighted by atomic mass is 10.1. The minimum absolute atomic E-state index is 0.0382. The van der Waals surface area contributed by atoms with Crippen molar-refractivity contribution in [3.05, 3.63) is 11.6 Å². The second kappa shape index (κ2) is 6.73. The number of hydrogen-bond donors (Lipinski definition) is 1. The van der Waals surface area contributed by atoms with Crippen molar-refractivity contribution in [1.82, 2.24) is 19.5 Å². The highest BCUT2D eigenvalue weighted by Crippen LogP contribution is 2.57. The molecule has 11 nitrogen and oxygen atoms in total. The number of aromatic nitrogens is 4. The zero-order valence-corrected chi connectivity index (χ0v) is 15.5. The summed E-state index contributed by atoms with van der Waals surface area (Å²) >= 11 is 5.81. The van der Waals surface area contributed by atoms with Gasteiger partial charge in [0, 0.05) is 0 Å². The third-order valence-corrected chi connectivity index (χ3v) is 5.62. The summed E-state index contributed by atoms with van der Waals surface area (Å²) in [5, 5.41) is -0.130. The number of imidazole rings is 1. The number of rotatable bonds is 4. The molecule has 0 spiro atoms. The Morgan fingerprint density at radius 2 is 2.33 bits per heavy atom. The maximum Gasteiger partial charge on any atom is 0.475 e. The van der Waals surface area contributed by atoms with Gasteiger partial charge in [-0.2, -0.15) is 9.97 Å². The SMILES string of the molecule is CC(=O)COP1(=O)OC[C@H]2O[C@@H](n3cnc4c(N)nc(Cl)nc43)C(F)[C@H]2O1. The van der Waals surface area contributed by atoms with E-state index < -0.39 is 39.0 Å². The molecule has 0 saturated carbocycles. The first-order chi connectivity index (χ1) is 12.8. The van der Waals surface area contributed by atoms with Gasteiger partial charge in [-0.05, 0) is 18.5 Å². The quantitative estimate of drug-likeness (QED) is 0.569. The Morgan fingerprint density at radius 1 is 1.56 bits per heavy atom. The highest BCUT2D eigenvalue weighted by Gasteiger charge is 2.54. The number of hydrogen-bond acceptors (Lipinski definition) is 10. The largest absolute Gasteiger partial charge is 0.475 e. The molecular weight excluding hydrogens is 408 g/mol. The van der Waals surface area contributed by atoms with E-state index in [0.717, 1.165) is 0 Å². The molecule has 14 heteroatoms. The van der Waals surface area contributed by atoms with Gasteiger partial charge in [-0.25, -0.2) is 13.9 Å². The average molecular weight is 422 g/mol. The van der Waals surface area contributed by atoms with Gasteiger partial charge in [0.2, 0.25) is 5.28 Å². The van der Waals surface area contributed by atoms with Crippen LogP contribution in [0.25, 0.3) is 11.2 Å². The Hall–Kier alpha value is -1.69. The Balaban J connectivity index is 1.60. The number of nitrogens with two attached hydrogens (primary N) is 1. The molecule has 27 heavy (non-hydrogen) atoms. The summed E-state index contributed by atoms with van der Waals surface area (Å²) in [6.45, 7) is 0.534. The van der Waals surface area contributed by atoms with Gasteiger partial charge >= 0.3 is 7.82 Å². The van der Waals surface area contributed by atoms with Crippen LogP contribution in [0.3, 0.4) is 0 Å². The smallest absolute Gasteiger partial charge is 0.382 e. The zero-order chi connectivity index (χ0) is 19.3. The number of alkyl halides is 1. The number of carbonyl (C=O) groups is 1. The number of fused-ring (bicyclic) bond motifs is 2. The molecule has 2 aliphatic heterocycles. The summed E-state index contributed by atoms with van der Waals surface area (Å²) in [5.41, 5.74) is 6.15. The highest BCUT2D eigenvalue weighted by atomic mass is 35.5. The highest BCUT2D eigenvalue weighted by molar-refractivity contribution is 7.48. The van der Waals surface area contributed by atoms with Crippen LogP contribution >= 0.6 is 19.4 Å². The summed E-state index contributed by atoms with van der Waals surface area (Å²) < 4.78 is 49.5. The van der Waals surface area contributed by atoms with E-state index in [1.165, 1.54) is 17.8 Å². The number of nitrogen functional groups attached to an aromatic ring is 1. The number of phosphoric ester groups is 1. The molecule has 0 aromatic carbocycles. The molecule has 0 bridgehead atoms.